The van der Waals surface area contributed by atoms with Gasteiger partial charge in [0.15, 0.2) is 0 Å². The second-order valence-electron chi connectivity index (χ2n) is 8.74. The first-order valence-corrected chi connectivity index (χ1v) is 12.7. The Hall–Kier alpha value is -2.67. The highest BCUT2D eigenvalue weighted by molar-refractivity contribution is 8.09. The van der Waals surface area contributed by atoms with E-state index in [1.165, 1.54) is 22.3 Å². The number of nitrogens with zero attached hydrogens (tertiary/aromatic N) is 3. The summed E-state index contributed by atoms with van der Waals surface area (Å²) in [5.41, 5.74) is 7.30. The Kier molecular flexibility index (Phi) is 6.49. The second-order valence-corrected chi connectivity index (χ2v) is 9.97. The van der Waals surface area contributed by atoms with E-state index in [9.17, 15) is 8.94 Å². The van der Waals surface area contributed by atoms with Crippen molar-refractivity contribution >= 4 is 21.9 Å². The lowest BCUT2D eigenvalue weighted by atomic mass is 9.88. The van der Waals surface area contributed by atoms with Crippen molar-refractivity contribution in [2.24, 2.45) is 4.99 Å². The van der Waals surface area contributed by atoms with Crippen molar-refractivity contribution in [2.75, 3.05) is 26.2 Å². The van der Waals surface area contributed by atoms with Crippen LogP contribution in [0.1, 0.15) is 37.3 Å². The SMILES string of the molecule is CC1=C(CCN2CCC(=C(c3ccccc3)c3ccc(F)cc3)CC2)CN2C=C[S+]([O-])C2=N1. The summed E-state index contributed by atoms with van der Waals surface area (Å²) in [6.07, 6.45) is 4.88. The van der Waals surface area contributed by atoms with Crippen LogP contribution in [-0.4, -0.2) is 45.7 Å². The van der Waals surface area contributed by atoms with Gasteiger partial charge in [-0.05, 0) is 60.6 Å². The predicted molar refractivity (Wildman–Crippen MR) is 133 cm³/mol. The highest BCUT2D eigenvalue weighted by Gasteiger charge is 2.32. The maximum atomic E-state index is 13.5. The molecule has 0 spiro atoms. The fourth-order valence-electron chi connectivity index (χ4n) is 4.79. The van der Waals surface area contributed by atoms with Crippen molar-refractivity contribution in [1.29, 1.82) is 0 Å². The van der Waals surface area contributed by atoms with E-state index in [4.69, 9.17) is 0 Å². The number of fused-ring (bicyclic) bond motifs is 1. The zero-order chi connectivity index (χ0) is 22.8. The van der Waals surface area contributed by atoms with Gasteiger partial charge in [0.1, 0.15) is 11.2 Å². The first-order valence-electron chi connectivity index (χ1n) is 11.5. The molecule has 1 saturated heterocycles. The van der Waals surface area contributed by atoms with Crippen LogP contribution in [-0.2, 0) is 11.2 Å². The van der Waals surface area contributed by atoms with Gasteiger partial charge in [0.25, 0.3) is 0 Å². The summed E-state index contributed by atoms with van der Waals surface area (Å²) in [6.45, 7) is 5.85. The van der Waals surface area contributed by atoms with Gasteiger partial charge in [0.05, 0.1) is 23.9 Å². The van der Waals surface area contributed by atoms with Crippen LogP contribution in [0, 0.1) is 5.82 Å². The Bertz CT molecular complexity index is 1130. The maximum Gasteiger partial charge on any atom is 0.329 e. The van der Waals surface area contributed by atoms with Crippen molar-refractivity contribution in [1.82, 2.24) is 9.80 Å². The topological polar surface area (TPSA) is 41.9 Å². The third kappa shape index (κ3) is 4.83. The van der Waals surface area contributed by atoms with E-state index >= 15 is 0 Å². The Balaban J connectivity index is 1.28. The third-order valence-corrected chi connectivity index (χ3v) is 7.72. The quantitative estimate of drug-likeness (QED) is 0.568. The number of hydrogen-bond donors (Lipinski definition) is 0. The molecule has 0 aliphatic carbocycles. The molecule has 5 rings (SSSR count). The number of halogens is 1. The molecule has 0 saturated carbocycles. The molecule has 170 valence electrons. The minimum absolute atomic E-state index is 0.203. The number of rotatable bonds is 5. The molecule has 0 N–H and O–H groups in total. The molecule has 3 aliphatic rings. The van der Waals surface area contributed by atoms with Crippen LogP contribution in [0.25, 0.3) is 5.57 Å². The predicted octanol–water partition coefficient (Wildman–Crippen LogP) is 5.29. The number of benzene rings is 2. The second kappa shape index (κ2) is 9.67. The van der Waals surface area contributed by atoms with Crippen molar-refractivity contribution in [2.45, 2.75) is 26.2 Å². The standard InChI is InChI=1S/C27H28FN3OS/c1-20-24(19-31-17-18-33(32)27(31)29-20)13-16-30-14-11-23(12-15-30)26(21-5-3-2-4-6-21)22-7-9-25(28)10-8-22/h2-10,17-18H,11-16,19H2,1H3. The van der Waals surface area contributed by atoms with Gasteiger partial charge < -0.3 is 9.45 Å². The van der Waals surface area contributed by atoms with Crippen molar-refractivity contribution in [3.8, 4) is 0 Å². The Morgan fingerprint density at radius 1 is 1.03 bits per heavy atom. The maximum absolute atomic E-state index is 13.5. The molecule has 0 radical (unpaired) electrons. The van der Waals surface area contributed by atoms with Crippen LogP contribution in [0.15, 0.2) is 88.0 Å². The smallest absolute Gasteiger partial charge is 0.329 e. The lowest BCUT2D eigenvalue weighted by molar-refractivity contribution is 0.258. The molecule has 2 aromatic carbocycles. The van der Waals surface area contributed by atoms with Gasteiger partial charge in [-0.3, -0.25) is 4.90 Å². The molecule has 6 heteroatoms. The molecule has 0 aromatic heterocycles. The molecule has 33 heavy (non-hydrogen) atoms. The number of likely N-dealkylation sites (tertiary alicyclic amines) is 1. The van der Waals surface area contributed by atoms with Crippen LogP contribution >= 0.6 is 0 Å². The van der Waals surface area contributed by atoms with E-state index in [1.54, 1.807) is 17.5 Å². The lowest BCUT2D eigenvalue weighted by Gasteiger charge is -2.31. The molecule has 1 atom stereocenters. The van der Waals surface area contributed by atoms with Gasteiger partial charge in [-0.15, -0.1) is 0 Å². The molecule has 4 nitrogen and oxygen atoms in total. The van der Waals surface area contributed by atoms with Crippen LogP contribution in [0.5, 0.6) is 0 Å². The zero-order valence-electron chi connectivity index (χ0n) is 18.8. The first-order chi connectivity index (χ1) is 16.1. The van der Waals surface area contributed by atoms with Crippen LogP contribution in [0.3, 0.4) is 0 Å². The first kappa shape index (κ1) is 22.1. The summed E-state index contributed by atoms with van der Waals surface area (Å²) >= 11 is -1.10. The Labute approximate surface area is 198 Å². The van der Waals surface area contributed by atoms with Gasteiger partial charge in [0.2, 0.25) is 0 Å². The van der Waals surface area contributed by atoms with Crippen molar-refractivity contribution in [3.05, 3.63) is 100.0 Å². The fourth-order valence-corrected chi connectivity index (χ4v) is 5.75. The number of amidine groups is 1. The van der Waals surface area contributed by atoms with E-state index in [-0.39, 0.29) is 5.82 Å². The summed E-state index contributed by atoms with van der Waals surface area (Å²) < 4.78 is 25.5. The highest BCUT2D eigenvalue weighted by atomic mass is 32.2. The fraction of sp³-hybridized carbons (Fsp3) is 0.296. The number of allylic oxidation sites excluding steroid dienone is 1. The number of piperidine rings is 1. The van der Waals surface area contributed by atoms with Crippen LogP contribution in [0.4, 0.5) is 4.39 Å². The molecular weight excluding hydrogens is 433 g/mol. The number of hydrogen-bond acceptors (Lipinski definition) is 4. The minimum Gasteiger partial charge on any atom is -0.604 e. The van der Waals surface area contributed by atoms with Gasteiger partial charge in [-0.2, -0.15) is 4.99 Å². The monoisotopic (exact) mass is 461 g/mol. The van der Waals surface area contributed by atoms with Gasteiger partial charge in [-0.25, -0.2) is 4.39 Å². The van der Waals surface area contributed by atoms with Crippen molar-refractivity contribution < 1.29 is 8.94 Å². The van der Waals surface area contributed by atoms with Gasteiger partial charge in [0, 0.05) is 25.3 Å². The summed E-state index contributed by atoms with van der Waals surface area (Å²) in [6, 6.07) is 17.3. The molecule has 3 heterocycles. The van der Waals surface area contributed by atoms with Crippen molar-refractivity contribution in [3.63, 3.8) is 0 Å². The van der Waals surface area contributed by atoms with E-state index < -0.39 is 11.2 Å². The molecule has 1 unspecified atom stereocenters. The Morgan fingerprint density at radius 3 is 2.45 bits per heavy atom. The summed E-state index contributed by atoms with van der Waals surface area (Å²) in [4.78, 5) is 9.11. The average Bonchev–Trinajstić information content (AvgIpc) is 3.20. The normalized spacial score (nSPS) is 20.8. The molecule has 0 bridgehead atoms. The molecule has 3 aliphatic heterocycles. The van der Waals surface area contributed by atoms with Gasteiger partial charge >= 0.3 is 5.17 Å². The minimum atomic E-state index is -1.10. The molecule has 2 aromatic rings. The number of aliphatic imine (C=N–C) groups is 1. The average molecular weight is 462 g/mol. The molecular formula is C27H28FN3OS. The van der Waals surface area contributed by atoms with Crippen LogP contribution in [0.2, 0.25) is 0 Å². The van der Waals surface area contributed by atoms with E-state index in [0.29, 0.717) is 5.17 Å². The van der Waals surface area contributed by atoms with Gasteiger partial charge in [-0.1, -0.05) is 48.0 Å². The third-order valence-electron chi connectivity index (χ3n) is 6.66. The zero-order valence-corrected chi connectivity index (χ0v) is 19.7. The molecule has 1 fully saturated rings. The largest absolute Gasteiger partial charge is 0.604 e. The summed E-state index contributed by atoms with van der Waals surface area (Å²) in [5, 5.41) is 2.37. The summed E-state index contributed by atoms with van der Waals surface area (Å²) in [7, 11) is 0. The Morgan fingerprint density at radius 2 is 1.73 bits per heavy atom. The van der Waals surface area contributed by atoms with E-state index in [1.807, 2.05) is 36.2 Å². The van der Waals surface area contributed by atoms with Crippen LogP contribution < -0.4 is 0 Å². The summed E-state index contributed by atoms with van der Waals surface area (Å²) in [5.74, 6) is -0.203. The molecule has 0 amide bonds. The lowest BCUT2D eigenvalue weighted by Crippen LogP contribution is -2.35. The highest BCUT2D eigenvalue weighted by Crippen LogP contribution is 2.33. The van der Waals surface area contributed by atoms with E-state index in [0.717, 1.165) is 56.7 Å². The van der Waals surface area contributed by atoms with E-state index in [2.05, 4.69) is 34.2 Å².